The zero-order valence-electron chi connectivity index (χ0n) is 12.9. The largest absolute Gasteiger partial charge is 0.408 e. The fourth-order valence-electron chi connectivity index (χ4n) is 2.74. The molecule has 0 fully saturated rings. The van der Waals surface area contributed by atoms with E-state index in [2.05, 4.69) is 15.1 Å². The maximum atomic E-state index is 13.6. The van der Waals surface area contributed by atoms with Crippen molar-refractivity contribution in [1.29, 1.82) is 5.26 Å². The normalized spacial score (nSPS) is 12.0. The second kappa shape index (κ2) is 5.52. The smallest absolute Gasteiger partial charge is 0.295 e. The number of fused-ring (bicyclic) bond motifs is 2. The van der Waals surface area contributed by atoms with Gasteiger partial charge in [0.15, 0.2) is 0 Å². The van der Waals surface area contributed by atoms with Crippen molar-refractivity contribution < 1.29 is 17.6 Å². The van der Waals surface area contributed by atoms with Gasteiger partial charge in [-0.05, 0) is 12.1 Å². The molecule has 0 saturated heterocycles. The molecule has 26 heavy (non-hydrogen) atoms. The molecule has 0 radical (unpaired) electrons. The molecule has 6 nitrogen and oxygen atoms in total. The molecule has 0 atom stereocenters. The lowest BCUT2D eigenvalue weighted by Gasteiger charge is -2.07. The Morgan fingerprint density at radius 1 is 1.15 bits per heavy atom. The molecule has 0 unspecified atom stereocenters. The Hall–Kier alpha value is -3.48. The van der Waals surface area contributed by atoms with Crippen molar-refractivity contribution in [3.05, 3.63) is 48.3 Å². The summed E-state index contributed by atoms with van der Waals surface area (Å²) in [6, 6.07) is 5.70. The van der Waals surface area contributed by atoms with Crippen LogP contribution in [-0.2, 0) is 6.54 Å². The maximum Gasteiger partial charge on any atom is 0.408 e. The Morgan fingerprint density at radius 2 is 1.96 bits per heavy atom. The molecule has 0 bridgehead atoms. The Labute approximate surface area is 142 Å². The SMILES string of the molecule is N#Cc1cc2c(cn1)c(-c1cnc3ccc(F)cn13)nn2CC(F)(F)F. The van der Waals surface area contributed by atoms with Crippen molar-refractivity contribution in [2.24, 2.45) is 0 Å². The van der Waals surface area contributed by atoms with Crippen LogP contribution in [-0.4, -0.2) is 30.3 Å². The van der Waals surface area contributed by atoms with Gasteiger partial charge in [0.25, 0.3) is 0 Å². The molecule has 0 amide bonds. The molecule has 0 aliphatic carbocycles. The number of alkyl halides is 3. The van der Waals surface area contributed by atoms with E-state index in [4.69, 9.17) is 5.26 Å². The lowest BCUT2D eigenvalue weighted by Crippen LogP contribution is -2.18. The first-order chi connectivity index (χ1) is 12.4. The van der Waals surface area contributed by atoms with Crippen LogP contribution in [0.4, 0.5) is 17.6 Å². The third-order valence-electron chi connectivity index (χ3n) is 3.79. The van der Waals surface area contributed by atoms with E-state index in [-0.39, 0.29) is 16.9 Å². The fourth-order valence-corrected chi connectivity index (χ4v) is 2.74. The molecule has 4 heterocycles. The van der Waals surface area contributed by atoms with Crippen LogP contribution in [0.25, 0.3) is 27.9 Å². The predicted molar refractivity (Wildman–Crippen MR) is 82.4 cm³/mol. The van der Waals surface area contributed by atoms with Gasteiger partial charge in [-0.25, -0.2) is 14.4 Å². The molecular formula is C16H8F4N6. The number of aromatic nitrogens is 5. The maximum absolute atomic E-state index is 13.6. The highest BCUT2D eigenvalue weighted by molar-refractivity contribution is 5.92. The first kappa shape index (κ1) is 16.0. The molecular weight excluding hydrogens is 352 g/mol. The van der Waals surface area contributed by atoms with Crippen LogP contribution in [0.15, 0.2) is 36.8 Å². The van der Waals surface area contributed by atoms with Crippen LogP contribution in [0.2, 0.25) is 0 Å². The van der Waals surface area contributed by atoms with Crippen LogP contribution < -0.4 is 0 Å². The molecule has 0 spiro atoms. The van der Waals surface area contributed by atoms with Gasteiger partial charge in [-0.1, -0.05) is 0 Å². The Morgan fingerprint density at radius 3 is 2.69 bits per heavy atom. The van der Waals surface area contributed by atoms with Gasteiger partial charge in [0.1, 0.15) is 35.5 Å². The van der Waals surface area contributed by atoms with E-state index >= 15 is 0 Å². The number of hydrogen-bond donors (Lipinski definition) is 0. The minimum Gasteiger partial charge on any atom is -0.295 e. The number of hydrogen-bond acceptors (Lipinski definition) is 4. The molecule has 0 aliphatic heterocycles. The zero-order valence-corrected chi connectivity index (χ0v) is 12.9. The number of pyridine rings is 2. The lowest BCUT2D eigenvalue weighted by molar-refractivity contribution is -0.141. The average molecular weight is 360 g/mol. The molecule has 130 valence electrons. The fraction of sp³-hybridized carbons (Fsp3) is 0.125. The van der Waals surface area contributed by atoms with Gasteiger partial charge in [-0.2, -0.15) is 23.5 Å². The predicted octanol–water partition coefficient (Wildman–Crippen LogP) is 3.32. The van der Waals surface area contributed by atoms with Crippen molar-refractivity contribution in [1.82, 2.24) is 24.1 Å². The number of nitriles is 1. The van der Waals surface area contributed by atoms with Crippen LogP contribution >= 0.6 is 0 Å². The second-order valence-corrected chi connectivity index (χ2v) is 5.54. The van der Waals surface area contributed by atoms with Gasteiger partial charge in [0.2, 0.25) is 0 Å². The third-order valence-corrected chi connectivity index (χ3v) is 3.79. The van der Waals surface area contributed by atoms with E-state index in [1.807, 2.05) is 0 Å². The van der Waals surface area contributed by atoms with Crippen LogP contribution in [0.5, 0.6) is 0 Å². The lowest BCUT2D eigenvalue weighted by atomic mass is 10.2. The zero-order chi connectivity index (χ0) is 18.5. The highest BCUT2D eigenvalue weighted by Crippen LogP contribution is 2.30. The molecule has 4 aromatic rings. The van der Waals surface area contributed by atoms with Crippen molar-refractivity contribution in [3.63, 3.8) is 0 Å². The van der Waals surface area contributed by atoms with E-state index in [0.29, 0.717) is 16.7 Å². The summed E-state index contributed by atoms with van der Waals surface area (Å²) in [5, 5.41) is 13.3. The molecule has 0 N–H and O–H groups in total. The monoisotopic (exact) mass is 360 g/mol. The first-order valence-electron chi connectivity index (χ1n) is 7.32. The summed E-state index contributed by atoms with van der Waals surface area (Å²) in [5.74, 6) is -0.527. The van der Waals surface area contributed by atoms with Gasteiger partial charge in [0.05, 0.1) is 17.4 Å². The highest BCUT2D eigenvalue weighted by Gasteiger charge is 2.30. The van der Waals surface area contributed by atoms with Crippen molar-refractivity contribution in [2.45, 2.75) is 12.7 Å². The Balaban J connectivity index is 2.00. The standard InChI is InChI=1S/C16H8F4N6/c17-9-1-2-14-23-6-13(25(14)7-9)15-11-5-22-10(4-21)3-12(11)26(24-15)8-16(18,19)20/h1-3,5-7H,8H2. The van der Waals surface area contributed by atoms with Gasteiger partial charge in [0, 0.05) is 23.8 Å². The van der Waals surface area contributed by atoms with Gasteiger partial charge in [-0.15, -0.1) is 0 Å². The molecule has 4 rings (SSSR count). The van der Waals surface area contributed by atoms with Crippen molar-refractivity contribution in [2.75, 3.05) is 0 Å². The van der Waals surface area contributed by atoms with Gasteiger partial charge in [-0.3, -0.25) is 9.08 Å². The van der Waals surface area contributed by atoms with Crippen molar-refractivity contribution in [3.8, 4) is 17.5 Å². The third kappa shape index (κ3) is 2.63. The van der Waals surface area contributed by atoms with E-state index in [1.165, 1.54) is 41.2 Å². The number of halogens is 4. The molecule has 0 saturated carbocycles. The summed E-state index contributed by atoms with van der Waals surface area (Å²) in [6.07, 6.45) is -0.657. The van der Waals surface area contributed by atoms with E-state index in [0.717, 1.165) is 4.68 Å². The summed E-state index contributed by atoms with van der Waals surface area (Å²) < 4.78 is 54.4. The molecule has 0 aliphatic rings. The summed E-state index contributed by atoms with van der Waals surface area (Å²) in [5.41, 5.74) is 0.976. The van der Waals surface area contributed by atoms with Crippen molar-refractivity contribution >= 4 is 16.6 Å². The van der Waals surface area contributed by atoms with Crippen LogP contribution in [0.3, 0.4) is 0 Å². The molecule has 10 heteroatoms. The number of imidazole rings is 1. The quantitative estimate of drug-likeness (QED) is 0.514. The van der Waals surface area contributed by atoms with Gasteiger partial charge < -0.3 is 0 Å². The molecule has 0 aromatic carbocycles. The Bertz CT molecular complexity index is 1180. The minimum absolute atomic E-state index is 0.0310. The Kier molecular flexibility index (Phi) is 3.40. The summed E-state index contributed by atoms with van der Waals surface area (Å²) in [7, 11) is 0. The van der Waals surface area contributed by atoms with Crippen LogP contribution in [0, 0.1) is 17.1 Å². The second-order valence-electron chi connectivity index (χ2n) is 5.54. The highest BCUT2D eigenvalue weighted by atomic mass is 19.4. The van der Waals surface area contributed by atoms with Crippen LogP contribution in [0.1, 0.15) is 5.69 Å². The molecule has 4 aromatic heterocycles. The number of nitrogens with zero attached hydrogens (tertiary/aromatic N) is 6. The average Bonchev–Trinajstić information content (AvgIpc) is 3.14. The topological polar surface area (TPSA) is 71.8 Å². The summed E-state index contributed by atoms with van der Waals surface area (Å²) in [4.78, 5) is 8.02. The summed E-state index contributed by atoms with van der Waals surface area (Å²) in [6.45, 7) is -1.33. The number of rotatable bonds is 2. The van der Waals surface area contributed by atoms with E-state index in [1.54, 1.807) is 6.07 Å². The minimum atomic E-state index is -4.50. The van der Waals surface area contributed by atoms with Gasteiger partial charge >= 0.3 is 6.18 Å². The summed E-state index contributed by atoms with van der Waals surface area (Å²) >= 11 is 0. The van der Waals surface area contributed by atoms with E-state index < -0.39 is 18.5 Å². The first-order valence-corrected chi connectivity index (χ1v) is 7.32. The van der Waals surface area contributed by atoms with E-state index in [9.17, 15) is 17.6 Å².